The summed E-state index contributed by atoms with van der Waals surface area (Å²) >= 11 is 1.38. The van der Waals surface area contributed by atoms with E-state index in [0.717, 1.165) is 24.1 Å². The van der Waals surface area contributed by atoms with E-state index in [4.69, 9.17) is 9.47 Å². The number of methoxy groups -OCH3 is 2. The van der Waals surface area contributed by atoms with Gasteiger partial charge in [0.15, 0.2) is 16.6 Å². The molecule has 1 fully saturated rings. The molecule has 9 heteroatoms. The minimum Gasteiger partial charge on any atom is -0.493 e. The molecule has 0 atom stereocenters. The number of nitrogens with one attached hydrogen (secondary N) is 3. The molecule has 32 heavy (non-hydrogen) atoms. The van der Waals surface area contributed by atoms with Gasteiger partial charge in [0.05, 0.1) is 19.9 Å². The van der Waals surface area contributed by atoms with Crippen LogP contribution in [0.2, 0.25) is 0 Å². The summed E-state index contributed by atoms with van der Waals surface area (Å²) in [5.74, 6) is 1.34. The number of thiazole rings is 1. The van der Waals surface area contributed by atoms with Crippen LogP contribution in [0.15, 0.2) is 23.6 Å². The number of carbonyl (C=O) groups is 2. The maximum absolute atomic E-state index is 12.2. The van der Waals surface area contributed by atoms with Crippen molar-refractivity contribution >= 4 is 28.4 Å². The van der Waals surface area contributed by atoms with Gasteiger partial charge in [-0.15, -0.1) is 11.3 Å². The summed E-state index contributed by atoms with van der Waals surface area (Å²) in [7, 11) is 3.21. The van der Waals surface area contributed by atoms with Crippen LogP contribution in [0, 0.1) is 0 Å². The summed E-state index contributed by atoms with van der Waals surface area (Å²) in [6.07, 6.45) is 7.25. The highest BCUT2D eigenvalue weighted by atomic mass is 32.1. The monoisotopic (exact) mass is 460 g/mol. The molecule has 3 rings (SSSR count). The Morgan fingerprint density at radius 3 is 2.62 bits per heavy atom. The Labute approximate surface area is 193 Å². The minimum absolute atomic E-state index is 0.0250. The number of urea groups is 1. The second kappa shape index (κ2) is 12.3. The molecular formula is C23H32N4O4S. The molecule has 8 nitrogen and oxygen atoms in total. The molecule has 0 spiro atoms. The van der Waals surface area contributed by atoms with Gasteiger partial charge < -0.3 is 20.1 Å². The third-order valence-electron chi connectivity index (χ3n) is 5.50. The summed E-state index contributed by atoms with van der Waals surface area (Å²) < 4.78 is 10.5. The molecule has 2 aromatic rings. The van der Waals surface area contributed by atoms with E-state index >= 15 is 0 Å². The third kappa shape index (κ3) is 7.40. The van der Waals surface area contributed by atoms with Gasteiger partial charge in [-0.05, 0) is 43.4 Å². The Hall–Kier alpha value is -2.81. The van der Waals surface area contributed by atoms with Crippen LogP contribution in [0.1, 0.15) is 49.8 Å². The summed E-state index contributed by atoms with van der Waals surface area (Å²) in [4.78, 5) is 28.7. The third-order valence-corrected chi connectivity index (χ3v) is 6.31. The number of rotatable bonds is 10. The molecule has 0 radical (unpaired) electrons. The maximum Gasteiger partial charge on any atom is 0.321 e. The van der Waals surface area contributed by atoms with Crippen molar-refractivity contribution in [2.75, 3.05) is 26.1 Å². The van der Waals surface area contributed by atoms with Crippen molar-refractivity contribution in [3.63, 3.8) is 0 Å². The summed E-state index contributed by atoms with van der Waals surface area (Å²) in [6.45, 7) is 0.541. The van der Waals surface area contributed by atoms with Crippen LogP contribution in [-0.2, 0) is 17.6 Å². The first kappa shape index (κ1) is 23.8. The molecule has 1 aliphatic rings. The Kier molecular flexibility index (Phi) is 9.15. The van der Waals surface area contributed by atoms with E-state index in [-0.39, 0.29) is 18.0 Å². The number of hydrogen-bond acceptors (Lipinski definition) is 6. The lowest BCUT2D eigenvalue weighted by Crippen LogP contribution is -2.39. The van der Waals surface area contributed by atoms with Crippen LogP contribution in [-0.4, -0.2) is 43.7 Å². The van der Waals surface area contributed by atoms with Gasteiger partial charge in [0, 0.05) is 24.4 Å². The van der Waals surface area contributed by atoms with Crippen LogP contribution in [0.4, 0.5) is 9.93 Å². The number of carbonyl (C=O) groups excluding carboxylic acids is 2. The van der Waals surface area contributed by atoms with Gasteiger partial charge in [0.25, 0.3) is 0 Å². The molecule has 174 valence electrons. The van der Waals surface area contributed by atoms with Gasteiger partial charge in [-0.1, -0.05) is 25.3 Å². The molecule has 0 aliphatic heterocycles. The maximum atomic E-state index is 12.2. The largest absolute Gasteiger partial charge is 0.493 e. The molecule has 1 aliphatic carbocycles. The molecule has 0 unspecified atom stereocenters. The lowest BCUT2D eigenvalue weighted by molar-refractivity contribution is -0.121. The fourth-order valence-corrected chi connectivity index (χ4v) is 4.50. The zero-order valence-corrected chi connectivity index (χ0v) is 19.6. The van der Waals surface area contributed by atoms with E-state index in [1.54, 1.807) is 14.2 Å². The Bertz CT molecular complexity index is 896. The van der Waals surface area contributed by atoms with Crippen molar-refractivity contribution in [1.29, 1.82) is 0 Å². The Balaban J connectivity index is 1.35. The minimum atomic E-state index is -0.203. The van der Waals surface area contributed by atoms with Crippen molar-refractivity contribution in [3.8, 4) is 11.5 Å². The normalized spacial score (nSPS) is 13.9. The van der Waals surface area contributed by atoms with Crippen LogP contribution >= 0.6 is 11.3 Å². The van der Waals surface area contributed by atoms with Gasteiger partial charge in [0.1, 0.15) is 0 Å². The summed E-state index contributed by atoms with van der Waals surface area (Å²) in [5.41, 5.74) is 1.86. The van der Waals surface area contributed by atoms with E-state index in [0.29, 0.717) is 42.4 Å². The molecule has 0 saturated heterocycles. The fraction of sp³-hybridized carbons (Fsp3) is 0.522. The van der Waals surface area contributed by atoms with Crippen molar-refractivity contribution in [3.05, 3.63) is 34.8 Å². The lowest BCUT2D eigenvalue weighted by Gasteiger charge is -2.22. The quantitative estimate of drug-likeness (QED) is 0.499. The Morgan fingerprint density at radius 1 is 1.09 bits per heavy atom. The van der Waals surface area contributed by atoms with E-state index in [1.165, 1.54) is 30.6 Å². The molecular weight excluding hydrogens is 428 g/mol. The highest BCUT2D eigenvalue weighted by Gasteiger charge is 2.16. The first-order chi connectivity index (χ1) is 15.6. The molecule has 3 N–H and O–H groups in total. The van der Waals surface area contributed by atoms with Crippen LogP contribution in [0.3, 0.4) is 0 Å². The molecule has 1 heterocycles. The predicted molar refractivity (Wildman–Crippen MR) is 126 cm³/mol. The first-order valence-corrected chi connectivity index (χ1v) is 11.9. The van der Waals surface area contributed by atoms with Gasteiger partial charge >= 0.3 is 6.03 Å². The molecule has 1 aromatic carbocycles. The topological polar surface area (TPSA) is 102 Å². The second-order valence-corrected chi connectivity index (χ2v) is 8.72. The average Bonchev–Trinajstić information content (AvgIpc) is 3.25. The zero-order chi connectivity index (χ0) is 22.8. The number of aryl methyl sites for hydroxylation is 1. The van der Waals surface area contributed by atoms with Crippen molar-refractivity contribution in [2.45, 2.75) is 57.4 Å². The molecule has 3 amide bonds. The second-order valence-electron chi connectivity index (χ2n) is 7.87. The molecule has 1 aromatic heterocycles. The number of hydrogen-bond donors (Lipinski definition) is 3. The first-order valence-electron chi connectivity index (χ1n) is 11.1. The number of aromatic nitrogens is 1. The smallest absolute Gasteiger partial charge is 0.321 e. The van der Waals surface area contributed by atoms with Gasteiger partial charge in [0.2, 0.25) is 5.91 Å². The summed E-state index contributed by atoms with van der Waals surface area (Å²) in [6, 6.07) is 5.79. The number of nitrogens with zero attached hydrogens (tertiary/aromatic N) is 1. The SMILES string of the molecule is COc1ccc(CCNC(=O)CCc2csc(NC(=O)NC3CCCCC3)n2)cc1OC. The van der Waals surface area contributed by atoms with E-state index in [9.17, 15) is 9.59 Å². The average molecular weight is 461 g/mol. The predicted octanol–water partition coefficient (Wildman–Crippen LogP) is 3.91. The summed E-state index contributed by atoms with van der Waals surface area (Å²) in [5, 5.41) is 11.2. The number of amides is 3. The van der Waals surface area contributed by atoms with Crippen molar-refractivity contribution < 1.29 is 19.1 Å². The van der Waals surface area contributed by atoms with Crippen LogP contribution in [0.25, 0.3) is 0 Å². The Morgan fingerprint density at radius 2 is 1.88 bits per heavy atom. The van der Waals surface area contributed by atoms with Crippen LogP contribution < -0.4 is 25.4 Å². The number of anilines is 1. The van der Waals surface area contributed by atoms with E-state index in [1.807, 2.05) is 23.6 Å². The molecule has 1 saturated carbocycles. The number of benzene rings is 1. The fourth-order valence-electron chi connectivity index (χ4n) is 3.76. The molecule has 0 bridgehead atoms. The van der Waals surface area contributed by atoms with Crippen LogP contribution in [0.5, 0.6) is 11.5 Å². The van der Waals surface area contributed by atoms with Crippen molar-refractivity contribution in [1.82, 2.24) is 15.6 Å². The highest BCUT2D eigenvalue weighted by molar-refractivity contribution is 7.13. The van der Waals surface area contributed by atoms with E-state index < -0.39 is 0 Å². The van der Waals surface area contributed by atoms with Gasteiger partial charge in [-0.3, -0.25) is 10.1 Å². The van der Waals surface area contributed by atoms with Crippen molar-refractivity contribution in [2.24, 2.45) is 0 Å². The standard InChI is InChI=1S/C23H32N4O4S/c1-30-19-10-8-16(14-20(19)31-2)12-13-24-21(28)11-9-18-15-32-23(26-18)27-22(29)25-17-6-4-3-5-7-17/h8,10,14-15,17H,3-7,9,11-13H2,1-2H3,(H,24,28)(H2,25,26,27,29). The number of ether oxygens (including phenoxy) is 2. The van der Waals surface area contributed by atoms with E-state index in [2.05, 4.69) is 20.9 Å². The van der Waals surface area contributed by atoms with Gasteiger partial charge in [-0.25, -0.2) is 9.78 Å². The highest BCUT2D eigenvalue weighted by Crippen LogP contribution is 2.27. The lowest BCUT2D eigenvalue weighted by atomic mass is 9.96. The zero-order valence-electron chi connectivity index (χ0n) is 18.7. The van der Waals surface area contributed by atoms with Gasteiger partial charge in [-0.2, -0.15) is 0 Å².